The van der Waals surface area contributed by atoms with E-state index in [0.717, 1.165) is 12.1 Å². The molecule has 0 bridgehead atoms. The van der Waals surface area contributed by atoms with Crippen molar-refractivity contribution >= 4 is 29.5 Å². The van der Waals surface area contributed by atoms with Crippen molar-refractivity contribution in [3.05, 3.63) is 41.7 Å². The number of carbonyl (C=O) groups is 2. The number of thioether (sulfide) groups is 1. The number of aryl methyl sites for hydroxylation is 1. The number of carbonyl (C=O) groups excluding carboxylic acids is 2. The molecule has 6 nitrogen and oxygen atoms in total. The average molecular weight is 356 g/mol. The minimum atomic E-state index is -0.942. The molecule has 0 fully saturated rings. The van der Waals surface area contributed by atoms with Crippen molar-refractivity contribution in [3.8, 4) is 0 Å². The lowest BCUT2D eigenvalue weighted by Crippen LogP contribution is -2.21. The zero-order valence-corrected chi connectivity index (χ0v) is 13.5. The Labute approximate surface area is 140 Å². The molecule has 0 aliphatic rings. The lowest BCUT2D eigenvalue weighted by Gasteiger charge is -2.05. The maximum absolute atomic E-state index is 13.0. The summed E-state index contributed by atoms with van der Waals surface area (Å²) in [4.78, 5) is 23.6. The number of benzene rings is 1. The van der Waals surface area contributed by atoms with Gasteiger partial charge in [0.25, 0.3) is 5.91 Å². The monoisotopic (exact) mass is 356 g/mol. The van der Waals surface area contributed by atoms with Crippen LogP contribution in [0.3, 0.4) is 0 Å². The second-order valence-electron chi connectivity index (χ2n) is 4.71. The first-order chi connectivity index (χ1) is 11.4. The standard InChI is InChI=1S/C15H14F2N2O4S/c1-9-6-13(19-23-9)18-14(20)8-22-15(21)4-5-24-10-2-3-11(16)12(17)7-10/h2-3,6-7H,4-5,8H2,1H3,(H,18,19,20). The lowest BCUT2D eigenvalue weighted by atomic mass is 10.3. The number of hydrogen-bond acceptors (Lipinski definition) is 6. The number of ether oxygens (including phenoxy) is 1. The summed E-state index contributed by atoms with van der Waals surface area (Å²) >= 11 is 1.18. The van der Waals surface area contributed by atoms with Gasteiger partial charge >= 0.3 is 5.97 Å². The lowest BCUT2D eigenvalue weighted by molar-refractivity contribution is -0.146. The van der Waals surface area contributed by atoms with Gasteiger partial charge in [-0.15, -0.1) is 11.8 Å². The number of esters is 1. The van der Waals surface area contributed by atoms with Crippen LogP contribution in [0.15, 0.2) is 33.7 Å². The first-order valence-corrected chi connectivity index (χ1v) is 7.89. The molecular weight excluding hydrogens is 342 g/mol. The fourth-order valence-corrected chi connectivity index (χ4v) is 2.50. The first kappa shape index (κ1) is 17.9. The van der Waals surface area contributed by atoms with E-state index in [4.69, 9.17) is 9.26 Å². The zero-order valence-electron chi connectivity index (χ0n) is 12.7. The number of anilines is 1. The summed E-state index contributed by atoms with van der Waals surface area (Å²) in [5.74, 6) is -1.89. The Bertz CT molecular complexity index is 736. The minimum absolute atomic E-state index is 0.0278. The first-order valence-electron chi connectivity index (χ1n) is 6.90. The van der Waals surface area contributed by atoms with Crippen LogP contribution >= 0.6 is 11.8 Å². The van der Waals surface area contributed by atoms with Crippen LogP contribution < -0.4 is 5.32 Å². The van der Waals surface area contributed by atoms with Gasteiger partial charge in [-0.1, -0.05) is 5.16 Å². The van der Waals surface area contributed by atoms with Gasteiger partial charge in [0, 0.05) is 16.7 Å². The Morgan fingerprint density at radius 1 is 1.29 bits per heavy atom. The highest BCUT2D eigenvalue weighted by atomic mass is 32.2. The van der Waals surface area contributed by atoms with Crippen molar-refractivity contribution < 1.29 is 27.6 Å². The second-order valence-corrected chi connectivity index (χ2v) is 5.87. The highest BCUT2D eigenvalue weighted by Crippen LogP contribution is 2.21. The number of nitrogens with one attached hydrogen (secondary N) is 1. The zero-order chi connectivity index (χ0) is 17.5. The Hall–Kier alpha value is -2.42. The molecule has 0 saturated heterocycles. The SMILES string of the molecule is Cc1cc(NC(=O)COC(=O)CCSc2ccc(F)c(F)c2)no1. The van der Waals surface area contributed by atoms with E-state index in [1.165, 1.54) is 23.9 Å². The highest BCUT2D eigenvalue weighted by molar-refractivity contribution is 7.99. The summed E-state index contributed by atoms with van der Waals surface area (Å²) in [6.07, 6.45) is 0.0278. The predicted octanol–water partition coefficient (Wildman–Crippen LogP) is 2.93. The van der Waals surface area contributed by atoms with Gasteiger partial charge in [-0.05, 0) is 25.1 Å². The molecule has 1 aromatic carbocycles. The van der Waals surface area contributed by atoms with Gasteiger partial charge in [0.2, 0.25) is 0 Å². The molecule has 0 saturated carbocycles. The highest BCUT2D eigenvalue weighted by Gasteiger charge is 2.10. The van der Waals surface area contributed by atoms with E-state index in [1.807, 2.05) is 0 Å². The molecule has 128 valence electrons. The molecule has 1 aromatic heterocycles. The largest absolute Gasteiger partial charge is 0.456 e. The van der Waals surface area contributed by atoms with Crippen LogP contribution in [0.5, 0.6) is 0 Å². The molecule has 2 aromatic rings. The third-order valence-corrected chi connectivity index (χ3v) is 3.72. The van der Waals surface area contributed by atoms with Gasteiger partial charge < -0.3 is 14.6 Å². The van der Waals surface area contributed by atoms with Gasteiger partial charge in [-0.3, -0.25) is 9.59 Å². The van der Waals surface area contributed by atoms with Crippen molar-refractivity contribution in [1.82, 2.24) is 5.16 Å². The topological polar surface area (TPSA) is 81.4 Å². The third kappa shape index (κ3) is 5.65. The van der Waals surface area contributed by atoms with Crippen LogP contribution in [0.25, 0.3) is 0 Å². The Morgan fingerprint density at radius 3 is 2.75 bits per heavy atom. The number of halogens is 2. The Balaban J connectivity index is 1.65. The van der Waals surface area contributed by atoms with Crippen LogP contribution in [0, 0.1) is 18.6 Å². The van der Waals surface area contributed by atoms with E-state index >= 15 is 0 Å². The third-order valence-electron chi connectivity index (χ3n) is 2.73. The van der Waals surface area contributed by atoms with Crippen LogP contribution in [-0.2, 0) is 14.3 Å². The predicted molar refractivity (Wildman–Crippen MR) is 82.5 cm³/mol. The van der Waals surface area contributed by atoms with Crippen molar-refractivity contribution in [3.63, 3.8) is 0 Å². The number of nitrogens with zero attached hydrogens (tertiary/aromatic N) is 1. The van der Waals surface area contributed by atoms with E-state index in [9.17, 15) is 18.4 Å². The maximum atomic E-state index is 13.0. The summed E-state index contributed by atoms with van der Waals surface area (Å²) in [6.45, 7) is 1.23. The normalized spacial score (nSPS) is 10.5. The van der Waals surface area contributed by atoms with E-state index in [2.05, 4.69) is 10.5 Å². The van der Waals surface area contributed by atoms with E-state index < -0.39 is 30.1 Å². The Morgan fingerprint density at radius 2 is 2.08 bits per heavy atom. The molecule has 9 heteroatoms. The average Bonchev–Trinajstić information content (AvgIpc) is 2.94. The molecule has 1 N–H and O–H groups in total. The van der Waals surface area contributed by atoms with E-state index in [-0.39, 0.29) is 12.2 Å². The molecule has 0 spiro atoms. The molecule has 0 unspecified atom stereocenters. The summed E-state index contributed by atoms with van der Waals surface area (Å²) in [5.41, 5.74) is 0. The molecule has 24 heavy (non-hydrogen) atoms. The fraction of sp³-hybridized carbons (Fsp3) is 0.267. The summed E-state index contributed by atoms with van der Waals surface area (Å²) in [7, 11) is 0. The van der Waals surface area contributed by atoms with Crippen LogP contribution in [0.1, 0.15) is 12.2 Å². The number of amides is 1. The van der Waals surface area contributed by atoms with Gasteiger partial charge in [0.1, 0.15) is 5.76 Å². The summed E-state index contributed by atoms with van der Waals surface area (Å²) in [5, 5.41) is 5.98. The quantitative estimate of drug-likeness (QED) is 0.607. The van der Waals surface area contributed by atoms with Crippen LogP contribution in [-0.4, -0.2) is 29.4 Å². The van der Waals surface area contributed by atoms with Crippen LogP contribution in [0.4, 0.5) is 14.6 Å². The van der Waals surface area contributed by atoms with Crippen molar-refractivity contribution in [2.45, 2.75) is 18.2 Å². The second kappa shape index (κ2) is 8.44. The smallest absolute Gasteiger partial charge is 0.307 e. The molecule has 0 radical (unpaired) electrons. The van der Waals surface area contributed by atoms with Crippen molar-refractivity contribution in [2.24, 2.45) is 0 Å². The summed E-state index contributed by atoms with van der Waals surface area (Å²) in [6, 6.07) is 5.02. The molecule has 2 rings (SSSR count). The Kier molecular flexibility index (Phi) is 6.30. The molecule has 1 heterocycles. The van der Waals surface area contributed by atoms with Gasteiger partial charge in [0.05, 0.1) is 6.42 Å². The van der Waals surface area contributed by atoms with Crippen molar-refractivity contribution in [1.29, 1.82) is 0 Å². The van der Waals surface area contributed by atoms with Gasteiger partial charge in [-0.2, -0.15) is 0 Å². The molecule has 0 aliphatic heterocycles. The maximum Gasteiger partial charge on any atom is 0.307 e. The summed E-state index contributed by atoms with van der Waals surface area (Å²) < 4.78 is 35.4. The molecule has 1 amide bonds. The molecule has 0 atom stereocenters. The van der Waals surface area contributed by atoms with Crippen LogP contribution in [0.2, 0.25) is 0 Å². The van der Waals surface area contributed by atoms with Gasteiger partial charge in [-0.25, -0.2) is 8.78 Å². The molecular formula is C15H14F2N2O4S. The van der Waals surface area contributed by atoms with Crippen molar-refractivity contribution in [2.75, 3.05) is 17.7 Å². The number of hydrogen-bond donors (Lipinski definition) is 1. The number of rotatable bonds is 7. The van der Waals surface area contributed by atoms with Gasteiger partial charge in [0.15, 0.2) is 24.1 Å². The minimum Gasteiger partial charge on any atom is -0.456 e. The number of aromatic nitrogens is 1. The molecule has 0 aliphatic carbocycles. The fourth-order valence-electron chi connectivity index (χ4n) is 1.64. The van der Waals surface area contributed by atoms with E-state index in [0.29, 0.717) is 16.4 Å². The van der Waals surface area contributed by atoms with E-state index in [1.54, 1.807) is 6.92 Å².